The Morgan fingerprint density at radius 3 is 0.867 bits per heavy atom. The van der Waals surface area contributed by atoms with E-state index in [2.05, 4.69) is 160 Å². The van der Waals surface area contributed by atoms with Gasteiger partial charge in [-0.2, -0.15) is 0 Å². The van der Waals surface area contributed by atoms with E-state index < -0.39 is 6.10 Å². The first kappa shape index (κ1) is 70.8. The minimum atomic E-state index is -0.805. The zero-order valence-electron chi connectivity index (χ0n) is 48.5. The van der Waals surface area contributed by atoms with Crippen LogP contribution in [0.3, 0.4) is 0 Å². The number of aliphatic hydroxyl groups excluding tert-OH is 1. The second kappa shape index (κ2) is 64.1. The van der Waals surface area contributed by atoms with Gasteiger partial charge < -0.3 is 14.6 Å². The van der Waals surface area contributed by atoms with Crippen molar-refractivity contribution in [2.45, 2.75) is 270 Å². The molecule has 0 saturated carbocycles. The van der Waals surface area contributed by atoms with Gasteiger partial charge >= 0.3 is 11.9 Å². The average molecular weight is 1040 g/mol. The fourth-order valence-corrected chi connectivity index (χ4v) is 8.30. The van der Waals surface area contributed by atoms with Crippen molar-refractivity contribution in [1.29, 1.82) is 0 Å². The number of unbranched alkanes of at least 4 members (excludes halogenated alkanes) is 23. The van der Waals surface area contributed by atoms with Gasteiger partial charge in [0.05, 0.1) is 6.61 Å². The molecule has 1 unspecified atom stereocenters. The summed E-state index contributed by atoms with van der Waals surface area (Å²) in [5.41, 5.74) is 0. The summed E-state index contributed by atoms with van der Waals surface area (Å²) < 4.78 is 10.7. The smallest absolute Gasteiger partial charge is 0.306 e. The molecule has 0 spiro atoms. The number of ether oxygens (including phenoxy) is 2. The summed E-state index contributed by atoms with van der Waals surface area (Å²) >= 11 is 0. The molecule has 0 saturated heterocycles. The van der Waals surface area contributed by atoms with E-state index in [0.29, 0.717) is 12.8 Å². The lowest BCUT2D eigenvalue weighted by Crippen LogP contribution is -2.28. The lowest BCUT2D eigenvalue weighted by Gasteiger charge is -2.15. The van der Waals surface area contributed by atoms with Gasteiger partial charge in [0.1, 0.15) is 6.61 Å². The molecular weight excluding hydrogens is 921 g/mol. The Labute approximate surface area is 463 Å². The van der Waals surface area contributed by atoms with E-state index in [1.807, 2.05) is 0 Å². The maximum atomic E-state index is 12.3. The van der Waals surface area contributed by atoms with Crippen molar-refractivity contribution in [3.63, 3.8) is 0 Å². The van der Waals surface area contributed by atoms with Crippen molar-refractivity contribution in [1.82, 2.24) is 0 Å². The summed E-state index contributed by atoms with van der Waals surface area (Å²) in [5, 5.41) is 9.66. The molecule has 424 valence electrons. The molecule has 0 heterocycles. The topological polar surface area (TPSA) is 72.8 Å². The van der Waals surface area contributed by atoms with Crippen LogP contribution >= 0.6 is 0 Å². The van der Waals surface area contributed by atoms with Crippen LogP contribution in [0, 0.1) is 0 Å². The maximum absolute atomic E-state index is 12.3. The molecule has 75 heavy (non-hydrogen) atoms. The Kier molecular flexibility index (Phi) is 60.5. The highest BCUT2D eigenvalue weighted by Gasteiger charge is 2.16. The monoisotopic (exact) mass is 1030 g/mol. The number of carbonyl (C=O) groups is 2. The Hall–Kier alpha value is -4.22. The van der Waals surface area contributed by atoms with Crippen molar-refractivity contribution in [3.05, 3.63) is 146 Å². The van der Waals surface area contributed by atoms with Crippen molar-refractivity contribution >= 4 is 11.9 Å². The SMILES string of the molecule is CC/C=C\C/C=C\C/C=C\C/C=C\C/C=C\C/C=C\C/C=C\C/C=C\C/C=C\C/C=C\C/C=C\C/C=C\CCCCC(=O)OC(CO)COC(=O)CCCCCCCCCCCCCCCCCCCCCCCC. The van der Waals surface area contributed by atoms with Crippen LogP contribution in [0.4, 0.5) is 0 Å². The van der Waals surface area contributed by atoms with E-state index in [1.165, 1.54) is 122 Å². The van der Waals surface area contributed by atoms with Crippen LogP contribution < -0.4 is 0 Å². The average Bonchev–Trinajstić information content (AvgIpc) is 3.41. The van der Waals surface area contributed by atoms with Crippen LogP contribution in [-0.4, -0.2) is 36.4 Å². The fourth-order valence-electron chi connectivity index (χ4n) is 8.30. The van der Waals surface area contributed by atoms with Gasteiger partial charge in [0.25, 0.3) is 0 Å². The molecule has 0 aliphatic carbocycles. The molecule has 1 N–H and O–H groups in total. The first-order valence-corrected chi connectivity index (χ1v) is 30.9. The third-order valence-corrected chi connectivity index (χ3v) is 12.9. The molecule has 0 amide bonds. The Balaban J connectivity index is 3.66. The van der Waals surface area contributed by atoms with Crippen LogP contribution in [0.2, 0.25) is 0 Å². The van der Waals surface area contributed by atoms with Crippen LogP contribution in [0.25, 0.3) is 0 Å². The summed E-state index contributed by atoms with van der Waals surface area (Å²) in [6.07, 6.45) is 96.9. The minimum absolute atomic E-state index is 0.0892. The number of aliphatic hydroxyl groups is 1. The molecule has 1 atom stereocenters. The predicted molar refractivity (Wildman–Crippen MR) is 329 cm³/mol. The lowest BCUT2D eigenvalue weighted by atomic mass is 10.0. The number of carbonyl (C=O) groups excluding carboxylic acids is 2. The summed E-state index contributed by atoms with van der Waals surface area (Å²) in [6.45, 7) is 4.01. The molecular formula is C70H114O5. The van der Waals surface area contributed by atoms with Gasteiger partial charge in [0.15, 0.2) is 6.10 Å². The van der Waals surface area contributed by atoms with E-state index in [0.717, 1.165) is 116 Å². The molecule has 5 heteroatoms. The quantitative estimate of drug-likeness (QED) is 0.0373. The van der Waals surface area contributed by atoms with Crippen molar-refractivity contribution in [3.8, 4) is 0 Å². The summed E-state index contributed by atoms with van der Waals surface area (Å²) in [4.78, 5) is 24.5. The molecule has 0 rings (SSSR count). The number of esters is 2. The number of hydrogen-bond donors (Lipinski definition) is 1. The van der Waals surface area contributed by atoms with Gasteiger partial charge in [-0.15, -0.1) is 0 Å². The number of hydrogen-bond acceptors (Lipinski definition) is 5. The minimum Gasteiger partial charge on any atom is -0.462 e. The number of allylic oxidation sites excluding steroid dienone is 24. The molecule has 0 aromatic rings. The lowest BCUT2D eigenvalue weighted by molar-refractivity contribution is -0.161. The van der Waals surface area contributed by atoms with Gasteiger partial charge in [-0.05, 0) is 103 Å². The van der Waals surface area contributed by atoms with E-state index >= 15 is 0 Å². The molecule has 0 aromatic heterocycles. The second-order valence-corrected chi connectivity index (χ2v) is 20.1. The largest absolute Gasteiger partial charge is 0.462 e. The predicted octanol–water partition coefficient (Wildman–Crippen LogP) is 21.4. The third kappa shape index (κ3) is 62.2. The van der Waals surface area contributed by atoms with Crippen molar-refractivity contribution < 1.29 is 24.2 Å². The van der Waals surface area contributed by atoms with Crippen molar-refractivity contribution in [2.24, 2.45) is 0 Å². The highest BCUT2D eigenvalue weighted by atomic mass is 16.6. The van der Waals surface area contributed by atoms with Gasteiger partial charge in [-0.1, -0.05) is 295 Å². The van der Waals surface area contributed by atoms with Gasteiger partial charge in [-0.25, -0.2) is 0 Å². The summed E-state index contributed by atoms with van der Waals surface area (Å²) in [6, 6.07) is 0. The van der Waals surface area contributed by atoms with Crippen LogP contribution in [0.1, 0.15) is 264 Å². The van der Waals surface area contributed by atoms with Crippen LogP contribution in [0.5, 0.6) is 0 Å². The maximum Gasteiger partial charge on any atom is 0.306 e. The number of rotatable bonds is 55. The highest BCUT2D eigenvalue weighted by molar-refractivity contribution is 5.70. The normalized spacial score (nSPS) is 13.3. The fraction of sp³-hybridized carbons (Fsp3) is 0.629. The van der Waals surface area contributed by atoms with E-state index in [-0.39, 0.29) is 25.2 Å². The Morgan fingerprint density at radius 2 is 0.573 bits per heavy atom. The molecule has 0 bridgehead atoms. The van der Waals surface area contributed by atoms with E-state index in [9.17, 15) is 14.7 Å². The van der Waals surface area contributed by atoms with Crippen molar-refractivity contribution in [2.75, 3.05) is 13.2 Å². The molecule has 0 fully saturated rings. The highest BCUT2D eigenvalue weighted by Crippen LogP contribution is 2.16. The van der Waals surface area contributed by atoms with Crippen LogP contribution in [0.15, 0.2) is 146 Å². The Morgan fingerprint density at radius 1 is 0.320 bits per heavy atom. The van der Waals surface area contributed by atoms with Crippen LogP contribution in [-0.2, 0) is 19.1 Å². The first-order chi connectivity index (χ1) is 37.1. The molecule has 0 aromatic carbocycles. The van der Waals surface area contributed by atoms with Gasteiger partial charge in [-0.3, -0.25) is 9.59 Å². The Bertz CT molecular complexity index is 1590. The third-order valence-electron chi connectivity index (χ3n) is 12.9. The second-order valence-electron chi connectivity index (χ2n) is 20.1. The molecule has 0 aliphatic heterocycles. The standard InChI is InChI=1S/C70H114O5/c1-3-5-7-9-11-13-15-17-19-21-23-25-27-28-29-30-31-32-33-34-35-36-37-38-39-40-41-42-43-45-47-49-51-53-55-57-59-61-63-65-70(73)75-68(66-71)67-74-69(72)64-62-60-58-56-54-52-50-48-46-44-26-24-22-20-18-16-14-12-10-8-6-4-2/h5,7,11,13,17,19,23,25,28-29,31-32,34-35,37-38,40-41,43,45,49,51,55,57,68,71H,3-4,6,8-10,12,14-16,18,20-22,24,26-27,30,33,36,39,42,44,46-48,50,52-54,56,58-67H2,1-2H3/b7-5-,13-11-,19-17-,25-23-,29-28-,32-31-,35-34-,38-37-,41-40-,45-43-,51-49-,57-55-. The van der Waals surface area contributed by atoms with E-state index in [1.54, 1.807) is 0 Å². The zero-order valence-corrected chi connectivity index (χ0v) is 48.5. The first-order valence-electron chi connectivity index (χ1n) is 30.9. The van der Waals surface area contributed by atoms with E-state index in [4.69, 9.17) is 9.47 Å². The van der Waals surface area contributed by atoms with Gasteiger partial charge in [0, 0.05) is 12.8 Å². The molecule has 5 nitrogen and oxygen atoms in total. The summed E-state index contributed by atoms with van der Waals surface area (Å²) in [7, 11) is 0. The van der Waals surface area contributed by atoms with Gasteiger partial charge in [0.2, 0.25) is 0 Å². The molecule has 0 aliphatic rings. The molecule has 0 radical (unpaired) electrons. The summed E-state index contributed by atoms with van der Waals surface area (Å²) in [5.74, 6) is -0.643. The zero-order chi connectivity index (χ0) is 54.1.